The highest BCUT2D eigenvalue weighted by atomic mass is 15.1. The van der Waals surface area contributed by atoms with Gasteiger partial charge in [-0.3, -0.25) is 15.0 Å². The first-order valence-corrected chi connectivity index (χ1v) is 8.73. The number of aromatic nitrogens is 5. The van der Waals surface area contributed by atoms with Gasteiger partial charge in [0.15, 0.2) is 0 Å². The molecule has 0 aromatic carbocycles. The molecule has 1 fully saturated rings. The maximum atomic E-state index is 4.47. The first kappa shape index (κ1) is 15.9. The van der Waals surface area contributed by atoms with Crippen molar-refractivity contribution < 1.29 is 0 Å². The zero-order valence-electron chi connectivity index (χ0n) is 14.4. The van der Waals surface area contributed by atoms with E-state index < -0.39 is 0 Å². The molecule has 1 N–H and O–H groups in total. The normalized spacial score (nSPS) is 16.2. The number of aryl methyl sites for hydroxylation is 1. The van der Waals surface area contributed by atoms with Crippen LogP contribution in [0.1, 0.15) is 35.8 Å². The minimum atomic E-state index is 0.550. The number of aromatic amines is 1. The Morgan fingerprint density at radius 1 is 1.12 bits per heavy atom. The van der Waals surface area contributed by atoms with Crippen LogP contribution in [0.15, 0.2) is 43.0 Å². The quantitative estimate of drug-likeness (QED) is 0.794. The summed E-state index contributed by atoms with van der Waals surface area (Å²) >= 11 is 0. The summed E-state index contributed by atoms with van der Waals surface area (Å²) < 4.78 is 0. The molecular weight excluding hydrogens is 312 g/mol. The van der Waals surface area contributed by atoms with Crippen molar-refractivity contribution >= 4 is 0 Å². The summed E-state index contributed by atoms with van der Waals surface area (Å²) in [5.74, 6) is 1.38. The number of rotatable bonds is 4. The second-order valence-electron chi connectivity index (χ2n) is 6.63. The van der Waals surface area contributed by atoms with Crippen molar-refractivity contribution in [3.05, 3.63) is 60.1 Å². The Kier molecular flexibility index (Phi) is 4.52. The highest BCUT2D eigenvalue weighted by Gasteiger charge is 2.22. The smallest absolute Gasteiger partial charge is 0.125 e. The number of likely N-dealkylation sites (tertiary alicyclic amines) is 1. The van der Waals surface area contributed by atoms with E-state index in [9.17, 15) is 0 Å². The lowest BCUT2D eigenvalue weighted by atomic mass is 9.93. The van der Waals surface area contributed by atoms with Crippen LogP contribution >= 0.6 is 0 Å². The van der Waals surface area contributed by atoms with Gasteiger partial charge in [0.2, 0.25) is 0 Å². The SMILES string of the molecule is Cc1ncc(CN2CCC(c3cc(-c4ccncc4)n[nH]3)CC2)cn1. The van der Waals surface area contributed by atoms with Gasteiger partial charge in [0, 0.05) is 54.1 Å². The summed E-state index contributed by atoms with van der Waals surface area (Å²) in [6.07, 6.45) is 9.76. The standard InChI is InChI=1S/C19H22N6/c1-14-21-11-15(12-22-14)13-25-8-4-17(5-9-25)19-10-18(23-24-19)16-2-6-20-7-3-16/h2-3,6-7,10-12,17H,4-5,8-9,13H2,1H3,(H,23,24). The average Bonchev–Trinajstić information content (AvgIpc) is 3.15. The minimum absolute atomic E-state index is 0.550. The van der Waals surface area contributed by atoms with Crippen LogP contribution < -0.4 is 0 Å². The zero-order valence-corrected chi connectivity index (χ0v) is 14.4. The van der Waals surface area contributed by atoms with Gasteiger partial charge < -0.3 is 0 Å². The third-order valence-corrected chi connectivity index (χ3v) is 4.84. The fraction of sp³-hybridized carbons (Fsp3) is 0.368. The average molecular weight is 334 g/mol. The van der Waals surface area contributed by atoms with Crippen LogP contribution in [0.2, 0.25) is 0 Å². The molecule has 0 aliphatic carbocycles. The molecule has 25 heavy (non-hydrogen) atoms. The first-order valence-electron chi connectivity index (χ1n) is 8.73. The molecule has 1 aliphatic heterocycles. The third-order valence-electron chi connectivity index (χ3n) is 4.84. The van der Waals surface area contributed by atoms with Crippen molar-refractivity contribution in [2.24, 2.45) is 0 Å². The molecule has 3 aromatic rings. The van der Waals surface area contributed by atoms with Crippen molar-refractivity contribution in [1.29, 1.82) is 0 Å². The maximum absolute atomic E-state index is 4.47. The minimum Gasteiger partial charge on any atom is -0.299 e. The van der Waals surface area contributed by atoms with Gasteiger partial charge in [-0.1, -0.05) is 0 Å². The molecule has 4 heterocycles. The van der Waals surface area contributed by atoms with E-state index in [0.29, 0.717) is 5.92 Å². The number of hydrogen-bond donors (Lipinski definition) is 1. The summed E-state index contributed by atoms with van der Waals surface area (Å²) in [4.78, 5) is 15.1. The Labute approximate surface area is 147 Å². The van der Waals surface area contributed by atoms with E-state index in [0.717, 1.165) is 49.6 Å². The Balaban J connectivity index is 1.36. The number of nitrogens with one attached hydrogen (secondary N) is 1. The Morgan fingerprint density at radius 3 is 2.56 bits per heavy atom. The largest absolute Gasteiger partial charge is 0.299 e. The molecule has 1 saturated heterocycles. The lowest BCUT2D eigenvalue weighted by Crippen LogP contribution is -2.32. The topological polar surface area (TPSA) is 70.6 Å². The number of piperidine rings is 1. The van der Waals surface area contributed by atoms with Crippen LogP contribution in [0, 0.1) is 6.92 Å². The van der Waals surface area contributed by atoms with Gasteiger partial charge >= 0.3 is 0 Å². The van der Waals surface area contributed by atoms with Crippen LogP contribution in [0.25, 0.3) is 11.3 Å². The molecule has 128 valence electrons. The molecule has 0 unspecified atom stereocenters. The molecule has 0 spiro atoms. The van der Waals surface area contributed by atoms with Crippen LogP contribution in [-0.2, 0) is 6.54 Å². The fourth-order valence-corrected chi connectivity index (χ4v) is 3.38. The predicted octanol–water partition coefficient (Wildman–Crippen LogP) is 2.95. The molecule has 6 nitrogen and oxygen atoms in total. The molecule has 3 aromatic heterocycles. The summed E-state index contributed by atoms with van der Waals surface area (Å²) in [5.41, 5.74) is 4.53. The molecular formula is C19H22N6. The predicted molar refractivity (Wildman–Crippen MR) is 95.8 cm³/mol. The number of pyridine rings is 1. The molecule has 1 aliphatic rings. The lowest BCUT2D eigenvalue weighted by Gasteiger charge is -2.31. The zero-order chi connectivity index (χ0) is 17.1. The third kappa shape index (κ3) is 3.74. The van der Waals surface area contributed by atoms with Crippen molar-refractivity contribution in [2.45, 2.75) is 32.2 Å². The Morgan fingerprint density at radius 2 is 1.84 bits per heavy atom. The molecule has 0 radical (unpaired) electrons. The van der Waals surface area contributed by atoms with Crippen molar-refractivity contribution in [3.63, 3.8) is 0 Å². The van der Waals surface area contributed by atoms with Gasteiger partial charge in [0.1, 0.15) is 5.82 Å². The first-order chi connectivity index (χ1) is 12.3. The Bertz CT molecular complexity index is 803. The number of nitrogens with zero attached hydrogens (tertiary/aromatic N) is 5. The van der Waals surface area contributed by atoms with Crippen LogP contribution in [0.3, 0.4) is 0 Å². The van der Waals surface area contributed by atoms with Crippen LogP contribution in [0.5, 0.6) is 0 Å². The number of H-pyrrole nitrogens is 1. The van der Waals surface area contributed by atoms with Gasteiger partial charge in [-0.05, 0) is 51.1 Å². The molecule has 6 heteroatoms. The van der Waals surface area contributed by atoms with E-state index in [1.165, 1.54) is 11.3 Å². The molecule has 0 amide bonds. The summed E-state index contributed by atoms with van der Waals surface area (Å²) in [7, 11) is 0. The van der Waals surface area contributed by atoms with E-state index in [2.05, 4.69) is 36.1 Å². The van der Waals surface area contributed by atoms with E-state index in [1.54, 1.807) is 12.4 Å². The molecule has 0 bridgehead atoms. The van der Waals surface area contributed by atoms with E-state index in [4.69, 9.17) is 0 Å². The Hall–Kier alpha value is -2.60. The highest BCUT2D eigenvalue weighted by molar-refractivity contribution is 5.58. The lowest BCUT2D eigenvalue weighted by molar-refractivity contribution is 0.203. The summed E-state index contributed by atoms with van der Waals surface area (Å²) in [6.45, 7) is 5.02. The summed E-state index contributed by atoms with van der Waals surface area (Å²) in [6, 6.07) is 6.17. The van der Waals surface area contributed by atoms with Gasteiger partial charge in [0.25, 0.3) is 0 Å². The van der Waals surface area contributed by atoms with Crippen molar-refractivity contribution in [1.82, 2.24) is 30.0 Å². The van der Waals surface area contributed by atoms with E-state index in [-0.39, 0.29) is 0 Å². The van der Waals surface area contributed by atoms with E-state index in [1.807, 2.05) is 31.5 Å². The monoisotopic (exact) mass is 334 g/mol. The molecule has 0 saturated carbocycles. The summed E-state index contributed by atoms with van der Waals surface area (Å²) in [5, 5.41) is 7.71. The second kappa shape index (κ2) is 7.11. The van der Waals surface area contributed by atoms with Gasteiger partial charge in [-0.15, -0.1) is 0 Å². The second-order valence-corrected chi connectivity index (χ2v) is 6.63. The van der Waals surface area contributed by atoms with Crippen molar-refractivity contribution in [2.75, 3.05) is 13.1 Å². The van der Waals surface area contributed by atoms with Crippen LogP contribution in [-0.4, -0.2) is 43.1 Å². The van der Waals surface area contributed by atoms with Crippen molar-refractivity contribution in [3.8, 4) is 11.3 Å². The highest BCUT2D eigenvalue weighted by Crippen LogP contribution is 2.29. The van der Waals surface area contributed by atoms with Gasteiger partial charge in [0.05, 0.1) is 5.69 Å². The molecule has 0 atom stereocenters. The van der Waals surface area contributed by atoms with Crippen LogP contribution in [0.4, 0.5) is 0 Å². The number of hydrogen-bond acceptors (Lipinski definition) is 5. The fourth-order valence-electron chi connectivity index (χ4n) is 3.38. The van der Waals surface area contributed by atoms with E-state index >= 15 is 0 Å². The molecule has 4 rings (SSSR count). The maximum Gasteiger partial charge on any atom is 0.125 e. The van der Waals surface area contributed by atoms with Gasteiger partial charge in [-0.2, -0.15) is 5.10 Å². The van der Waals surface area contributed by atoms with Gasteiger partial charge in [-0.25, -0.2) is 9.97 Å².